The maximum Gasteiger partial charge on any atom is 0.272 e. The Morgan fingerprint density at radius 2 is 1.88 bits per heavy atom. The molecule has 1 N–H and O–H groups in total. The third kappa shape index (κ3) is 5.53. The molecule has 0 aromatic carbocycles. The van der Waals surface area contributed by atoms with Crippen molar-refractivity contribution in [2.24, 2.45) is 0 Å². The van der Waals surface area contributed by atoms with Crippen molar-refractivity contribution in [2.45, 2.75) is 6.42 Å². The van der Waals surface area contributed by atoms with Crippen LogP contribution >= 0.6 is 0 Å². The molecule has 0 bridgehead atoms. The molecule has 3 amide bonds. The number of rotatable bonds is 7. The van der Waals surface area contributed by atoms with Crippen LogP contribution in [-0.2, 0) is 4.79 Å². The van der Waals surface area contributed by atoms with Crippen LogP contribution in [-0.4, -0.2) is 91.3 Å². The molecule has 8 heteroatoms. The number of hydrogen-bond acceptors (Lipinski definition) is 5. The number of hydrogen-bond donors (Lipinski definition) is 1. The maximum absolute atomic E-state index is 12.5. The Balaban J connectivity index is 1.92. The lowest BCUT2D eigenvalue weighted by atomic mass is 10.2. The third-order valence-corrected chi connectivity index (χ3v) is 4.02. The predicted octanol–water partition coefficient (Wildman–Crippen LogP) is -0.323. The Morgan fingerprint density at radius 3 is 2.52 bits per heavy atom. The molecule has 2 rings (SSSR count). The second kappa shape index (κ2) is 9.12. The minimum Gasteiger partial charge on any atom is -0.351 e. The van der Waals surface area contributed by atoms with Crippen LogP contribution in [0.15, 0.2) is 18.2 Å². The Kier molecular flexibility index (Phi) is 6.88. The van der Waals surface area contributed by atoms with E-state index < -0.39 is 0 Å². The van der Waals surface area contributed by atoms with Gasteiger partial charge < -0.3 is 20.0 Å². The van der Waals surface area contributed by atoms with E-state index in [2.05, 4.69) is 10.3 Å². The number of nitrogens with zero attached hydrogens (tertiary/aromatic N) is 4. The van der Waals surface area contributed by atoms with Crippen LogP contribution in [0.4, 0.5) is 0 Å². The summed E-state index contributed by atoms with van der Waals surface area (Å²) in [7, 11) is 3.96. The number of carbonyl (C=O) groups excluding carboxylic acids is 3. The minimum atomic E-state index is -0.279. The van der Waals surface area contributed by atoms with Gasteiger partial charge in [0.05, 0.1) is 0 Å². The molecule has 1 aromatic rings. The lowest BCUT2D eigenvalue weighted by molar-refractivity contribution is -0.119. The van der Waals surface area contributed by atoms with E-state index in [0.29, 0.717) is 32.7 Å². The minimum absolute atomic E-state index is 0.215. The molecule has 136 valence electrons. The zero-order valence-corrected chi connectivity index (χ0v) is 14.8. The van der Waals surface area contributed by atoms with Gasteiger partial charge in [0.1, 0.15) is 11.4 Å². The maximum atomic E-state index is 12.5. The van der Waals surface area contributed by atoms with Gasteiger partial charge in [-0.25, -0.2) is 4.98 Å². The molecule has 25 heavy (non-hydrogen) atoms. The summed E-state index contributed by atoms with van der Waals surface area (Å²) >= 11 is 0. The van der Waals surface area contributed by atoms with E-state index in [1.165, 1.54) is 0 Å². The number of amides is 3. The van der Waals surface area contributed by atoms with E-state index >= 15 is 0 Å². The Bertz CT molecular complexity index is 612. The van der Waals surface area contributed by atoms with Gasteiger partial charge in [-0.1, -0.05) is 6.07 Å². The molecule has 0 atom stereocenters. The van der Waals surface area contributed by atoms with Crippen molar-refractivity contribution in [3.8, 4) is 0 Å². The number of nitrogens with one attached hydrogen (secondary N) is 1. The van der Waals surface area contributed by atoms with Crippen LogP contribution in [0.2, 0.25) is 0 Å². The van der Waals surface area contributed by atoms with Crippen molar-refractivity contribution >= 4 is 18.2 Å². The van der Waals surface area contributed by atoms with E-state index in [1.54, 1.807) is 28.0 Å². The van der Waals surface area contributed by atoms with Crippen molar-refractivity contribution in [1.29, 1.82) is 0 Å². The summed E-state index contributed by atoms with van der Waals surface area (Å²) in [6.45, 7) is 3.42. The quantitative estimate of drug-likeness (QED) is 0.540. The summed E-state index contributed by atoms with van der Waals surface area (Å²) in [5.41, 5.74) is 0.489. The van der Waals surface area contributed by atoms with Crippen molar-refractivity contribution in [2.75, 3.05) is 53.4 Å². The van der Waals surface area contributed by atoms with E-state index in [4.69, 9.17) is 0 Å². The highest BCUT2D eigenvalue weighted by Gasteiger charge is 2.22. The highest BCUT2D eigenvalue weighted by atomic mass is 16.2. The predicted molar refractivity (Wildman–Crippen MR) is 93.3 cm³/mol. The Hall–Kier alpha value is -2.48. The molecular formula is C17H25N5O3. The second-order valence-corrected chi connectivity index (χ2v) is 6.25. The Labute approximate surface area is 147 Å². The van der Waals surface area contributed by atoms with Crippen molar-refractivity contribution in [3.63, 3.8) is 0 Å². The fourth-order valence-corrected chi connectivity index (χ4v) is 2.56. The summed E-state index contributed by atoms with van der Waals surface area (Å²) in [5.74, 6) is -0.494. The largest absolute Gasteiger partial charge is 0.351 e. The first-order chi connectivity index (χ1) is 12.0. The fraction of sp³-hybridized carbons (Fsp3) is 0.529. The molecule has 1 fully saturated rings. The first-order valence-corrected chi connectivity index (χ1v) is 8.40. The summed E-state index contributed by atoms with van der Waals surface area (Å²) in [6, 6.07) is 4.87. The molecule has 1 aliphatic heterocycles. The van der Waals surface area contributed by atoms with Crippen LogP contribution < -0.4 is 5.32 Å². The van der Waals surface area contributed by atoms with Crippen LogP contribution in [0.25, 0.3) is 0 Å². The van der Waals surface area contributed by atoms with Crippen LogP contribution in [0.5, 0.6) is 0 Å². The molecule has 8 nitrogen and oxygen atoms in total. The Morgan fingerprint density at radius 1 is 1.20 bits per heavy atom. The van der Waals surface area contributed by atoms with Crippen LogP contribution in [0.1, 0.15) is 27.4 Å². The average Bonchev–Trinajstić information content (AvgIpc) is 2.64. The van der Waals surface area contributed by atoms with Gasteiger partial charge in [0, 0.05) is 32.7 Å². The number of aromatic nitrogens is 1. The first kappa shape index (κ1) is 18.9. The molecule has 1 saturated heterocycles. The highest BCUT2D eigenvalue weighted by Crippen LogP contribution is 2.07. The van der Waals surface area contributed by atoms with E-state index in [9.17, 15) is 14.4 Å². The molecule has 2 heterocycles. The van der Waals surface area contributed by atoms with Gasteiger partial charge in [-0.3, -0.25) is 14.4 Å². The normalized spacial score (nSPS) is 14.5. The number of pyridine rings is 1. The van der Waals surface area contributed by atoms with Gasteiger partial charge in [0.2, 0.25) is 6.41 Å². The SMILES string of the molecule is CN(C)CCCNC(=O)c1cccc(C(=O)N2CCN(C=O)CC2)n1. The molecule has 0 unspecified atom stereocenters. The van der Waals surface area contributed by atoms with E-state index in [1.807, 2.05) is 19.0 Å². The molecule has 1 aromatic heterocycles. The number of piperazine rings is 1. The van der Waals surface area contributed by atoms with E-state index in [-0.39, 0.29) is 23.2 Å². The van der Waals surface area contributed by atoms with Crippen LogP contribution in [0, 0.1) is 0 Å². The summed E-state index contributed by atoms with van der Waals surface area (Å²) in [5, 5.41) is 2.81. The monoisotopic (exact) mass is 347 g/mol. The first-order valence-electron chi connectivity index (χ1n) is 8.40. The van der Waals surface area contributed by atoms with Gasteiger partial charge in [0.15, 0.2) is 0 Å². The average molecular weight is 347 g/mol. The fourth-order valence-electron chi connectivity index (χ4n) is 2.56. The highest BCUT2D eigenvalue weighted by molar-refractivity contribution is 5.96. The van der Waals surface area contributed by atoms with Crippen molar-refractivity contribution < 1.29 is 14.4 Å². The summed E-state index contributed by atoms with van der Waals surface area (Å²) in [4.78, 5) is 45.0. The number of carbonyl (C=O) groups is 3. The molecule has 0 radical (unpaired) electrons. The lowest BCUT2D eigenvalue weighted by Crippen LogP contribution is -2.48. The molecule has 0 spiro atoms. The van der Waals surface area contributed by atoms with Crippen LogP contribution in [0.3, 0.4) is 0 Å². The van der Waals surface area contributed by atoms with E-state index in [0.717, 1.165) is 19.4 Å². The molecular weight excluding hydrogens is 322 g/mol. The second-order valence-electron chi connectivity index (χ2n) is 6.25. The van der Waals surface area contributed by atoms with Crippen molar-refractivity contribution in [1.82, 2.24) is 25.0 Å². The molecule has 0 saturated carbocycles. The van der Waals surface area contributed by atoms with Gasteiger partial charge >= 0.3 is 0 Å². The smallest absolute Gasteiger partial charge is 0.272 e. The standard InChI is InChI=1S/C17H25N5O3/c1-20(2)8-4-7-18-16(24)14-5-3-6-15(19-14)17(25)22-11-9-21(13-23)10-12-22/h3,5-6,13H,4,7-12H2,1-2H3,(H,18,24). The third-order valence-electron chi connectivity index (χ3n) is 4.02. The topological polar surface area (TPSA) is 85.9 Å². The van der Waals surface area contributed by atoms with Gasteiger partial charge in [0.25, 0.3) is 11.8 Å². The lowest BCUT2D eigenvalue weighted by Gasteiger charge is -2.32. The van der Waals surface area contributed by atoms with Gasteiger partial charge in [-0.2, -0.15) is 0 Å². The van der Waals surface area contributed by atoms with Gasteiger partial charge in [-0.05, 0) is 39.2 Å². The summed E-state index contributed by atoms with van der Waals surface area (Å²) in [6.07, 6.45) is 1.64. The summed E-state index contributed by atoms with van der Waals surface area (Å²) < 4.78 is 0. The zero-order valence-electron chi connectivity index (χ0n) is 14.8. The molecule has 1 aliphatic rings. The van der Waals surface area contributed by atoms with Crippen molar-refractivity contribution in [3.05, 3.63) is 29.6 Å². The zero-order chi connectivity index (χ0) is 18.2. The van der Waals surface area contributed by atoms with Gasteiger partial charge in [-0.15, -0.1) is 0 Å². The molecule has 0 aliphatic carbocycles.